The summed E-state index contributed by atoms with van der Waals surface area (Å²) in [5.74, 6) is -2.27. The molecule has 1 aromatic rings. The van der Waals surface area contributed by atoms with Crippen LogP contribution in [0.5, 0.6) is 0 Å². The first-order valence-electron chi connectivity index (χ1n) is 4.63. The van der Waals surface area contributed by atoms with Crippen LogP contribution < -0.4 is 10.6 Å². The Labute approximate surface area is 91.3 Å². The van der Waals surface area contributed by atoms with E-state index in [0.717, 1.165) is 18.2 Å². The number of benzene rings is 1. The maximum Gasteiger partial charge on any atom is 0.322 e. The minimum Gasteiger partial charge on any atom is -0.480 e. The molecule has 6 heteroatoms. The van der Waals surface area contributed by atoms with Gasteiger partial charge in [0.25, 0.3) is 0 Å². The van der Waals surface area contributed by atoms with Crippen molar-refractivity contribution in [2.45, 2.75) is 6.04 Å². The number of halogens is 2. The third kappa shape index (κ3) is 3.16. The van der Waals surface area contributed by atoms with Crippen molar-refractivity contribution in [3.8, 4) is 0 Å². The quantitative estimate of drug-likeness (QED) is 0.707. The standard InChI is InChI=1S/C10H12F2N2O2/c1-13-9(10(15)16)5-14-8-4-6(11)2-3-7(8)12/h2-4,9,13-14H,5H2,1H3,(H,15,16). The van der Waals surface area contributed by atoms with Crippen LogP contribution in [-0.2, 0) is 4.79 Å². The smallest absolute Gasteiger partial charge is 0.322 e. The van der Waals surface area contributed by atoms with E-state index < -0.39 is 23.6 Å². The molecule has 0 aliphatic carbocycles. The average molecular weight is 230 g/mol. The molecular formula is C10H12F2N2O2. The highest BCUT2D eigenvalue weighted by Gasteiger charge is 2.15. The number of likely N-dealkylation sites (N-methyl/N-ethyl adjacent to an activating group) is 1. The molecule has 0 saturated carbocycles. The van der Waals surface area contributed by atoms with Crippen molar-refractivity contribution in [3.63, 3.8) is 0 Å². The van der Waals surface area contributed by atoms with E-state index in [4.69, 9.17) is 5.11 Å². The molecule has 88 valence electrons. The molecule has 1 atom stereocenters. The van der Waals surface area contributed by atoms with Crippen molar-refractivity contribution in [2.75, 3.05) is 18.9 Å². The molecule has 0 aromatic heterocycles. The molecule has 16 heavy (non-hydrogen) atoms. The summed E-state index contributed by atoms with van der Waals surface area (Å²) in [6, 6.07) is 2.09. The molecule has 0 amide bonds. The van der Waals surface area contributed by atoms with Gasteiger partial charge < -0.3 is 15.7 Å². The van der Waals surface area contributed by atoms with E-state index in [1.165, 1.54) is 7.05 Å². The molecular weight excluding hydrogens is 218 g/mol. The average Bonchev–Trinajstić information content (AvgIpc) is 2.23. The number of hydrogen-bond donors (Lipinski definition) is 3. The maximum absolute atomic E-state index is 13.1. The molecule has 0 aliphatic heterocycles. The molecule has 0 aliphatic rings. The number of carbonyl (C=O) groups is 1. The summed E-state index contributed by atoms with van der Waals surface area (Å²) in [4.78, 5) is 10.6. The first-order chi connectivity index (χ1) is 7.54. The highest BCUT2D eigenvalue weighted by molar-refractivity contribution is 5.74. The van der Waals surface area contributed by atoms with Gasteiger partial charge in [0.05, 0.1) is 5.69 Å². The van der Waals surface area contributed by atoms with Crippen LogP contribution in [0.25, 0.3) is 0 Å². The Morgan fingerprint density at radius 2 is 2.19 bits per heavy atom. The molecule has 0 saturated heterocycles. The third-order valence-electron chi connectivity index (χ3n) is 2.07. The molecule has 3 N–H and O–H groups in total. The number of nitrogens with one attached hydrogen (secondary N) is 2. The van der Waals surface area contributed by atoms with Crippen molar-refractivity contribution in [1.29, 1.82) is 0 Å². The Balaban J connectivity index is 2.66. The fraction of sp³-hybridized carbons (Fsp3) is 0.300. The fourth-order valence-corrected chi connectivity index (χ4v) is 1.16. The normalized spacial score (nSPS) is 12.2. The molecule has 0 fully saturated rings. The SMILES string of the molecule is CNC(CNc1cc(F)ccc1F)C(=O)O. The van der Waals surface area contributed by atoms with Crippen LogP contribution in [-0.4, -0.2) is 30.7 Å². The Morgan fingerprint density at radius 3 is 2.75 bits per heavy atom. The summed E-state index contributed by atoms with van der Waals surface area (Å²) in [6.45, 7) is -0.0355. The van der Waals surface area contributed by atoms with E-state index in [-0.39, 0.29) is 12.2 Å². The van der Waals surface area contributed by atoms with Gasteiger partial charge in [0.15, 0.2) is 0 Å². The second-order valence-electron chi connectivity index (χ2n) is 3.18. The number of anilines is 1. The highest BCUT2D eigenvalue weighted by atomic mass is 19.1. The zero-order valence-electron chi connectivity index (χ0n) is 8.63. The summed E-state index contributed by atoms with van der Waals surface area (Å²) in [7, 11) is 1.47. The number of carboxylic acid groups (broad SMARTS) is 1. The monoisotopic (exact) mass is 230 g/mol. The molecule has 0 spiro atoms. The lowest BCUT2D eigenvalue weighted by atomic mass is 10.2. The molecule has 4 nitrogen and oxygen atoms in total. The van der Waals surface area contributed by atoms with Gasteiger partial charge >= 0.3 is 5.97 Å². The van der Waals surface area contributed by atoms with Crippen molar-refractivity contribution in [3.05, 3.63) is 29.8 Å². The van der Waals surface area contributed by atoms with Gasteiger partial charge in [-0.1, -0.05) is 0 Å². The zero-order chi connectivity index (χ0) is 12.1. The van der Waals surface area contributed by atoms with Crippen LogP contribution in [0.4, 0.5) is 14.5 Å². The summed E-state index contributed by atoms with van der Waals surface area (Å²) in [5.41, 5.74) is -0.0542. The van der Waals surface area contributed by atoms with Gasteiger partial charge in [-0.15, -0.1) is 0 Å². The van der Waals surface area contributed by atoms with Gasteiger partial charge in [-0.2, -0.15) is 0 Å². The summed E-state index contributed by atoms with van der Waals surface area (Å²) in [6.07, 6.45) is 0. The Morgan fingerprint density at radius 1 is 1.50 bits per heavy atom. The first kappa shape index (κ1) is 12.4. The van der Waals surface area contributed by atoms with Crippen molar-refractivity contribution in [1.82, 2.24) is 5.32 Å². The number of hydrogen-bond acceptors (Lipinski definition) is 3. The molecule has 0 heterocycles. The van der Waals surface area contributed by atoms with Gasteiger partial charge in [-0.3, -0.25) is 4.79 Å². The largest absolute Gasteiger partial charge is 0.480 e. The Bertz CT molecular complexity index is 385. The van der Waals surface area contributed by atoms with Gasteiger partial charge in [0, 0.05) is 6.54 Å². The van der Waals surface area contributed by atoms with E-state index in [1.54, 1.807) is 0 Å². The lowest BCUT2D eigenvalue weighted by molar-refractivity contribution is -0.138. The van der Waals surface area contributed by atoms with Crippen LogP contribution in [0.2, 0.25) is 0 Å². The summed E-state index contributed by atoms with van der Waals surface area (Å²) >= 11 is 0. The minimum atomic E-state index is -1.06. The molecule has 0 radical (unpaired) electrons. The molecule has 1 rings (SSSR count). The predicted octanol–water partition coefficient (Wildman–Crippen LogP) is 1.05. The van der Waals surface area contributed by atoms with Crippen LogP contribution in [0, 0.1) is 11.6 Å². The lowest BCUT2D eigenvalue weighted by Crippen LogP contribution is -2.39. The van der Waals surface area contributed by atoms with Crippen LogP contribution in [0.1, 0.15) is 0 Å². The second kappa shape index (κ2) is 5.41. The number of rotatable bonds is 5. The molecule has 0 bridgehead atoms. The zero-order valence-corrected chi connectivity index (χ0v) is 8.63. The van der Waals surface area contributed by atoms with E-state index in [9.17, 15) is 13.6 Å². The van der Waals surface area contributed by atoms with Gasteiger partial charge in [-0.05, 0) is 25.2 Å². The number of carboxylic acids is 1. The van der Waals surface area contributed by atoms with E-state index in [1.807, 2.05) is 0 Å². The third-order valence-corrected chi connectivity index (χ3v) is 2.07. The van der Waals surface area contributed by atoms with E-state index in [0.29, 0.717) is 0 Å². The predicted molar refractivity (Wildman–Crippen MR) is 55.3 cm³/mol. The fourth-order valence-electron chi connectivity index (χ4n) is 1.16. The van der Waals surface area contributed by atoms with Gasteiger partial charge in [0.2, 0.25) is 0 Å². The van der Waals surface area contributed by atoms with Crippen LogP contribution in [0.3, 0.4) is 0 Å². The Hall–Kier alpha value is -1.69. The van der Waals surface area contributed by atoms with Crippen molar-refractivity contribution >= 4 is 11.7 Å². The van der Waals surface area contributed by atoms with Crippen molar-refractivity contribution in [2.24, 2.45) is 0 Å². The first-order valence-corrected chi connectivity index (χ1v) is 4.63. The van der Waals surface area contributed by atoms with Crippen LogP contribution in [0.15, 0.2) is 18.2 Å². The highest BCUT2D eigenvalue weighted by Crippen LogP contribution is 2.14. The molecule has 1 unspecified atom stereocenters. The summed E-state index contributed by atoms with van der Waals surface area (Å²) < 4.78 is 25.9. The topological polar surface area (TPSA) is 61.4 Å². The Kier molecular flexibility index (Phi) is 4.19. The van der Waals surface area contributed by atoms with Crippen molar-refractivity contribution < 1.29 is 18.7 Å². The van der Waals surface area contributed by atoms with Gasteiger partial charge in [0.1, 0.15) is 17.7 Å². The summed E-state index contributed by atoms with van der Waals surface area (Å²) in [5, 5.41) is 13.8. The van der Waals surface area contributed by atoms with E-state index >= 15 is 0 Å². The van der Waals surface area contributed by atoms with Crippen LogP contribution >= 0.6 is 0 Å². The number of aliphatic carboxylic acids is 1. The lowest BCUT2D eigenvalue weighted by Gasteiger charge is -2.13. The maximum atomic E-state index is 13.1. The molecule has 1 aromatic carbocycles. The van der Waals surface area contributed by atoms with Gasteiger partial charge in [-0.25, -0.2) is 8.78 Å². The second-order valence-corrected chi connectivity index (χ2v) is 3.18. The van der Waals surface area contributed by atoms with E-state index in [2.05, 4.69) is 10.6 Å². The minimum absolute atomic E-state index is 0.0355.